The number of nitrogens with two attached hydrogens (primary N) is 1. The van der Waals surface area contributed by atoms with Gasteiger partial charge >= 0.3 is 0 Å². The zero-order valence-electron chi connectivity index (χ0n) is 15.1. The third-order valence-electron chi connectivity index (χ3n) is 5.13. The Hall–Kier alpha value is -2.62. The lowest BCUT2D eigenvalue weighted by Gasteiger charge is -2.18. The molecule has 0 aliphatic heterocycles. The summed E-state index contributed by atoms with van der Waals surface area (Å²) in [5.41, 5.74) is 8.68. The van der Waals surface area contributed by atoms with Crippen LogP contribution in [0.5, 0.6) is 0 Å². The Kier molecular flexibility index (Phi) is 5.23. The molecule has 0 radical (unpaired) electrons. The monoisotopic (exact) mass is 370 g/mol. The van der Waals surface area contributed by atoms with Crippen LogP contribution in [-0.4, -0.2) is 16.4 Å². The maximum absolute atomic E-state index is 6.15. The number of pyridine rings is 1. The fourth-order valence-corrected chi connectivity index (χ4v) is 4.11. The van der Waals surface area contributed by atoms with Gasteiger partial charge < -0.3 is 5.73 Å². The molecule has 1 aromatic heterocycles. The van der Waals surface area contributed by atoms with Gasteiger partial charge in [-0.15, -0.1) is 0 Å². The molecule has 0 saturated carbocycles. The van der Waals surface area contributed by atoms with Gasteiger partial charge in [0.1, 0.15) is 0 Å². The lowest BCUT2D eigenvalue weighted by atomic mass is 9.89. The third-order valence-corrected chi connectivity index (χ3v) is 5.44. The first-order valence-corrected chi connectivity index (χ1v) is 9.67. The van der Waals surface area contributed by atoms with E-state index in [4.69, 9.17) is 18.0 Å². The van der Waals surface area contributed by atoms with Gasteiger partial charge in [0.05, 0.1) is 0 Å². The third kappa shape index (κ3) is 3.90. The van der Waals surface area contributed by atoms with Crippen LogP contribution in [0.2, 0.25) is 0 Å². The molecule has 0 aliphatic carbocycles. The number of aromatic nitrogens is 1. The van der Waals surface area contributed by atoms with Crippen LogP contribution in [-0.2, 0) is 6.42 Å². The smallest absolute Gasteiger partial charge is 0.0346 e. The first-order valence-electron chi connectivity index (χ1n) is 9.26. The molecule has 27 heavy (non-hydrogen) atoms. The second kappa shape index (κ2) is 7.95. The van der Waals surface area contributed by atoms with Crippen LogP contribution in [0.1, 0.15) is 23.5 Å². The summed E-state index contributed by atoms with van der Waals surface area (Å²) in [6.45, 7) is 0.595. The maximum Gasteiger partial charge on any atom is 0.0346 e. The van der Waals surface area contributed by atoms with Crippen LogP contribution in [0.4, 0.5) is 0 Å². The lowest BCUT2D eigenvalue weighted by molar-refractivity contribution is 0.734. The molecular weight excluding hydrogens is 348 g/mol. The van der Waals surface area contributed by atoms with E-state index >= 15 is 0 Å². The Bertz CT molecular complexity index is 1100. The summed E-state index contributed by atoms with van der Waals surface area (Å²) >= 11 is 5.76. The molecule has 4 aromatic rings. The van der Waals surface area contributed by atoms with Crippen LogP contribution < -0.4 is 5.73 Å². The van der Waals surface area contributed by atoms with Gasteiger partial charge in [-0.1, -0.05) is 72.9 Å². The molecule has 0 bridgehead atoms. The molecule has 0 amide bonds. The van der Waals surface area contributed by atoms with Gasteiger partial charge in [0.2, 0.25) is 0 Å². The predicted molar refractivity (Wildman–Crippen MR) is 118 cm³/mol. The zero-order chi connectivity index (χ0) is 18.6. The van der Waals surface area contributed by atoms with E-state index in [9.17, 15) is 0 Å². The quantitative estimate of drug-likeness (QED) is 0.460. The lowest BCUT2D eigenvalue weighted by Crippen LogP contribution is -2.17. The van der Waals surface area contributed by atoms with Crippen LogP contribution >= 0.6 is 12.2 Å². The SMILES string of the molecule is NCC(CC(=S)Cc1ccc2cnccc2c1)c1cccc2ccccc12. The van der Waals surface area contributed by atoms with Crippen molar-refractivity contribution < 1.29 is 0 Å². The molecule has 0 spiro atoms. The second-order valence-corrected chi connectivity index (χ2v) is 7.56. The molecule has 0 fully saturated rings. The summed E-state index contributed by atoms with van der Waals surface area (Å²) in [6, 6.07) is 23.4. The Morgan fingerprint density at radius 1 is 0.926 bits per heavy atom. The van der Waals surface area contributed by atoms with E-state index in [1.807, 2.05) is 18.5 Å². The van der Waals surface area contributed by atoms with Gasteiger partial charge in [-0.3, -0.25) is 4.98 Å². The van der Waals surface area contributed by atoms with Crippen molar-refractivity contribution in [3.63, 3.8) is 0 Å². The summed E-state index contributed by atoms with van der Waals surface area (Å²) in [4.78, 5) is 5.22. The van der Waals surface area contributed by atoms with Crippen molar-refractivity contribution >= 4 is 38.6 Å². The molecule has 2 N–H and O–H groups in total. The van der Waals surface area contributed by atoms with Crippen molar-refractivity contribution in [3.05, 3.63) is 90.3 Å². The van der Waals surface area contributed by atoms with E-state index in [-0.39, 0.29) is 5.92 Å². The maximum atomic E-state index is 6.15. The van der Waals surface area contributed by atoms with E-state index in [1.54, 1.807) is 0 Å². The van der Waals surface area contributed by atoms with Crippen molar-refractivity contribution in [2.24, 2.45) is 5.73 Å². The summed E-state index contributed by atoms with van der Waals surface area (Å²) in [7, 11) is 0. The van der Waals surface area contributed by atoms with Gasteiger partial charge in [-0.2, -0.15) is 0 Å². The molecule has 1 atom stereocenters. The van der Waals surface area contributed by atoms with Crippen molar-refractivity contribution in [2.45, 2.75) is 18.8 Å². The molecule has 3 aromatic carbocycles. The largest absolute Gasteiger partial charge is 0.330 e. The van der Waals surface area contributed by atoms with Gasteiger partial charge in [-0.25, -0.2) is 0 Å². The molecular formula is C24H22N2S. The topological polar surface area (TPSA) is 38.9 Å². The van der Waals surface area contributed by atoms with E-state index in [0.29, 0.717) is 6.54 Å². The Balaban J connectivity index is 1.54. The van der Waals surface area contributed by atoms with Gasteiger partial charge in [0.25, 0.3) is 0 Å². The molecule has 134 valence electrons. The molecule has 1 unspecified atom stereocenters. The Morgan fingerprint density at radius 2 is 1.78 bits per heavy atom. The summed E-state index contributed by atoms with van der Waals surface area (Å²) < 4.78 is 0. The number of nitrogens with zero attached hydrogens (tertiary/aromatic N) is 1. The minimum absolute atomic E-state index is 0.244. The first kappa shape index (κ1) is 17.8. The average Bonchev–Trinajstić information content (AvgIpc) is 2.71. The van der Waals surface area contributed by atoms with E-state index in [2.05, 4.69) is 65.6 Å². The minimum Gasteiger partial charge on any atom is -0.330 e. The number of fused-ring (bicyclic) bond motifs is 2. The highest BCUT2D eigenvalue weighted by Gasteiger charge is 2.15. The molecule has 3 heteroatoms. The predicted octanol–water partition coefficient (Wildman–Crippen LogP) is 5.43. The summed E-state index contributed by atoms with van der Waals surface area (Å²) in [5, 5.41) is 4.89. The van der Waals surface area contributed by atoms with Crippen LogP contribution in [0.3, 0.4) is 0 Å². The van der Waals surface area contributed by atoms with E-state index in [0.717, 1.165) is 23.1 Å². The number of benzene rings is 3. The molecule has 0 aliphatic rings. The number of hydrogen-bond donors (Lipinski definition) is 1. The zero-order valence-corrected chi connectivity index (χ0v) is 16.0. The standard InChI is InChI=1S/C24H22N2S/c25-15-21(24-7-3-5-18-4-1-2-6-23(18)24)14-22(27)13-17-8-9-20-16-26-11-10-19(20)12-17/h1-12,16,21H,13-15,25H2. The molecule has 1 heterocycles. The highest BCUT2D eigenvalue weighted by atomic mass is 32.1. The van der Waals surface area contributed by atoms with Crippen molar-refractivity contribution in [1.29, 1.82) is 0 Å². The Morgan fingerprint density at radius 3 is 2.67 bits per heavy atom. The summed E-state index contributed by atoms with van der Waals surface area (Å²) in [5.74, 6) is 0.244. The highest BCUT2D eigenvalue weighted by molar-refractivity contribution is 7.80. The van der Waals surface area contributed by atoms with Gasteiger partial charge in [-0.05, 0) is 51.2 Å². The van der Waals surface area contributed by atoms with Crippen LogP contribution in [0.15, 0.2) is 79.1 Å². The fraction of sp³-hybridized carbons (Fsp3) is 0.167. The van der Waals surface area contributed by atoms with Crippen molar-refractivity contribution in [3.8, 4) is 0 Å². The van der Waals surface area contributed by atoms with E-state index in [1.165, 1.54) is 27.3 Å². The number of rotatable bonds is 6. The first-order chi connectivity index (χ1) is 13.2. The van der Waals surface area contributed by atoms with Crippen molar-refractivity contribution in [2.75, 3.05) is 6.54 Å². The second-order valence-electron chi connectivity index (χ2n) is 6.98. The fourth-order valence-electron chi connectivity index (χ4n) is 3.74. The molecule has 0 saturated heterocycles. The Labute approximate surface area is 165 Å². The van der Waals surface area contributed by atoms with Gasteiger partial charge in [0.15, 0.2) is 0 Å². The van der Waals surface area contributed by atoms with Gasteiger partial charge in [0, 0.05) is 30.1 Å². The number of thiocarbonyl (C=S) groups is 1. The normalized spacial score (nSPS) is 12.3. The van der Waals surface area contributed by atoms with Crippen molar-refractivity contribution in [1.82, 2.24) is 4.98 Å². The highest BCUT2D eigenvalue weighted by Crippen LogP contribution is 2.28. The van der Waals surface area contributed by atoms with Crippen LogP contribution in [0.25, 0.3) is 21.5 Å². The minimum atomic E-state index is 0.244. The van der Waals surface area contributed by atoms with E-state index < -0.39 is 0 Å². The molecule has 2 nitrogen and oxygen atoms in total. The van der Waals surface area contributed by atoms with Crippen LogP contribution in [0, 0.1) is 0 Å². The average molecular weight is 371 g/mol. The molecule has 4 rings (SSSR count). The number of hydrogen-bond acceptors (Lipinski definition) is 3. The summed E-state index contributed by atoms with van der Waals surface area (Å²) in [6.07, 6.45) is 5.35.